The predicted octanol–water partition coefficient (Wildman–Crippen LogP) is 2.25. The first-order valence-corrected chi connectivity index (χ1v) is 3.77. The van der Waals surface area contributed by atoms with Gasteiger partial charge in [-0.15, -0.1) is 0 Å². The second-order valence-electron chi connectivity index (χ2n) is 2.58. The van der Waals surface area contributed by atoms with E-state index in [4.69, 9.17) is 5.73 Å². The number of halogens is 3. The molecule has 0 atom stereocenters. The first-order valence-electron chi connectivity index (χ1n) is 3.77. The number of nitrogens with two attached hydrogens (primary N) is 1. The van der Waals surface area contributed by atoms with E-state index in [0.717, 1.165) is 12.1 Å². The number of pyridine rings is 1. The van der Waals surface area contributed by atoms with Crippen molar-refractivity contribution < 1.29 is 13.2 Å². The first kappa shape index (κ1) is 9.83. The minimum Gasteiger partial charge on any atom is -0.384 e. The number of aryl methyl sites for hydroxylation is 1. The molecule has 0 spiro atoms. The number of nitrogens with zero attached hydrogens (tertiary/aromatic N) is 1. The molecule has 1 aromatic rings. The normalized spacial score (nSPS) is 11.7. The summed E-state index contributed by atoms with van der Waals surface area (Å²) in [4.78, 5) is 3.62. The van der Waals surface area contributed by atoms with Crippen LogP contribution in [0.5, 0.6) is 0 Å². The van der Waals surface area contributed by atoms with Crippen molar-refractivity contribution >= 4 is 5.82 Å². The van der Waals surface area contributed by atoms with E-state index in [9.17, 15) is 13.2 Å². The van der Waals surface area contributed by atoms with Crippen molar-refractivity contribution in [3.8, 4) is 0 Å². The molecule has 0 radical (unpaired) electrons. The Morgan fingerprint density at radius 2 is 2.00 bits per heavy atom. The zero-order chi connectivity index (χ0) is 10.1. The Bertz CT molecular complexity index is 307. The lowest BCUT2D eigenvalue weighted by molar-refractivity contribution is -0.138. The average Bonchev–Trinajstić information content (AvgIpc) is 2.01. The van der Waals surface area contributed by atoms with Crippen molar-refractivity contribution in [1.29, 1.82) is 0 Å². The van der Waals surface area contributed by atoms with Gasteiger partial charge in [0.2, 0.25) is 0 Å². The zero-order valence-corrected chi connectivity index (χ0v) is 7.02. The van der Waals surface area contributed by atoms with Crippen LogP contribution in [0.4, 0.5) is 19.0 Å². The van der Waals surface area contributed by atoms with Gasteiger partial charge in [0.25, 0.3) is 0 Å². The third kappa shape index (κ3) is 2.11. The molecule has 0 aliphatic heterocycles. The van der Waals surface area contributed by atoms with Crippen LogP contribution >= 0.6 is 0 Å². The molecule has 0 fully saturated rings. The lowest BCUT2D eigenvalue weighted by Crippen LogP contribution is -2.11. The second kappa shape index (κ2) is 3.24. The van der Waals surface area contributed by atoms with Gasteiger partial charge in [0.1, 0.15) is 5.82 Å². The number of alkyl halides is 3. The quantitative estimate of drug-likeness (QED) is 0.737. The molecule has 2 N–H and O–H groups in total. The van der Waals surface area contributed by atoms with E-state index < -0.39 is 11.7 Å². The van der Waals surface area contributed by atoms with Crippen LogP contribution in [0, 0.1) is 0 Å². The lowest BCUT2D eigenvalue weighted by Gasteiger charge is -2.10. The Balaban J connectivity index is 3.22. The topological polar surface area (TPSA) is 38.9 Å². The molecule has 0 saturated carbocycles. The SMILES string of the molecule is CCc1nc(N)ccc1C(F)(F)F. The van der Waals surface area contributed by atoms with Crippen LogP contribution in [0.25, 0.3) is 0 Å². The van der Waals surface area contributed by atoms with Gasteiger partial charge in [-0.05, 0) is 18.6 Å². The maximum Gasteiger partial charge on any atom is 0.418 e. The molecule has 0 bridgehead atoms. The molecule has 0 aliphatic carbocycles. The molecule has 0 aliphatic rings. The Morgan fingerprint density at radius 1 is 1.38 bits per heavy atom. The molecule has 1 aromatic heterocycles. The van der Waals surface area contributed by atoms with E-state index in [-0.39, 0.29) is 17.9 Å². The number of rotatable bonds is 1. The van der Waals surface area contributed by atoms with Gasteiger partial charge in [-0.25, -0.2) is 4.98 Å². The molecule has 0 aromatic carbocycles. The van der Waals surface area contributed by atoms with Gasteiger partial charge in [0.15, 0.2) is 0 Å². The van der Waals surface area contributed by atoms with Crippen molar-refractivity contribution in [3.63, 3.8) is 0 Å². The van der Waals surface area contributed by atoms with Gasteiger partial charge in [-0.1, -0.05) is 6.92 Å². The summed E-state index contributed by atoms with van der Waals surface area (Å²) < 4.78 is 36.9. The molecule has 0 amide bonds. The molecular weight excluding hydrogens is 181 g/mol. The largest absolute Gasteiger partial charge is 0.418 e. The van der Waals surface area contributed by atoms with Gasteiger partial charge in [0, 0.05) is 0 Å². The van der Waals surface area contributed by atoms with E-state index in [1.54, 1.807) is 6.92 Å². The van der Waals surface area contributed by atoms with Crippen molar-refractivity contribution in [1.82, 2.24) is 4.98 Å². The molecule has 0 saturated heterocycles. The highest BCUT2D eigenvalue weighted by atomic mass is 19.4. The highest BCUT2D eigenvalue weighted by molar-refractivity contribution is 5.35. The fourth-order valence-corrected chi connectivity index (χ4v) is 1.05. The Labute approximate surface area is 73.6 Å². The summed E-state index contributed by atoms with van der Waals surface area (Å²) in [5.41, 5.74) is 4.56. The summed E-state index contributed by atoms with van der Waals surface area (Å²) in [6.45, 7) is 1.61. The molecule has 1 rings (SSSR count). The fraction of sp³-hybridized carbons (Fsp3) is 0.375. The number of aromatic nitrogens is 1. The van der Waals surface area contributed by atoms with Crippen LogP contribution in [0.15, 0.2) is 12.1 Å². The summed E-state index contributed by atoms with van der Waals surface area (Å²) in [7, 11) is 0. The number of anilines is 1. The lowest BCUT2D eigenvalue weighted by atomic mass is 10.1. The van der Waals surface area contributed by atoms with E-state index in [1.807, 2.05) is 0 Å². The summed E-state index contributed by atoms with van der Waals surface area (Å²) in [5.74, 6) is 0.116. The molecule has 0 unspecified atom stereocenters. The Morgan fingerprint density at radius 3 is 2.46 bits per heavy atom. The van der Waals surface area contributed by atoms with Crippen LogP contribution in [0.2, 0.25) is 0 Å². The molecule has 2 nitrogen and oxygen atoms in total. The van der Waals surface area contributed by atoms with Gasteiger partial charge in [-0.2, -0.15) is 13.2 Å². The molecule has 13 heavy (non-hydrogen) atoms. The van der Waals surface area contributed by atoms with Crippen molar-refractivity contribution in [3.05, 3.63) is 23.4 Å². The molecule has 5 heteroatoms. The highest BCUT2D eigenvalue weighted by Crippen LogP contribution is 2.31. The fourth-order valence-electron chi connectivity index (χ4n) is 1.05. The molecular formula is C8H9F3N2. The Hall–Kier alpha value is -1.26. The monoisotopic (exact) mass is 190 g/mol. The minimum absolute atomic E-state index is 0.00694. The maximum absolute atomic E-state index is 12.3. The summed E-state index contributed by atoms with van der Waals surface area (Å²) in [6.07, 6.45) is -4.12. The van der Waals surface area contributed by atoms with Gasteiger partial charge < -0.3 is 5.73 Å². The van der Waals surface area contributed by atoms with Crippen LogP contribution < -0.4 is 5.73 Å². The first-order chi connectivity index (χ1) is 5.95. The average molecular weight is 190 g/mol. The Kier molecular flexibility index (Phi) is 2.45. The zero-order valence-electron chi connectivity index (χ0n) is 7.02. The smallest absolute Gasteiger partial charge is 0.384 e. The number of hydrogen-bond donors (Lipinski definition) is 1. The van der Waals surface area contributed by atoms with Crippen molar-refractivity contribution in [2.45, 2.75) is 19.5 Å². The van der Waals surface area contributed by atoms with Crippen LogP contribution in [-0.2, 0) is 12.6 Å². The van der Waals surface area contributed by atoms with E-state index in [0.29, 0.717) is 0 Å². The standard InChI is InChI=1S/C8H9F3N2/c1-2-6-5(8(9,10)11)3-4-7(12)13-6/h3-4H,2H2,1H3,(H2,12,13). The summed E-state index contributed by atoms with van der Waals surface area (Å²) in [5, 5.41) is 0. The molecule has 72 valence electrons. The van der Waals surface area contributed by atoms with Crippen LogP contribution in [0.1, 0.15) is 18.2 Å². The second-order valence-corrected chi connectivity index (χ2v) is 2.58. The van der Waals surface area contributed by atoms with Gasteiger partial charge in [0.05, 0.1) is 11.3 Å². The third-order valence-electron chi connectivity index (χ3n) is 1.64. The van der Waals surface area contributed by atoms with Crippen LogP contribution in [0.3, 0.4) is 0 Å². The number of nitrogen functional groups attached to an aromatic ring is 1. The maximum atomic E-state index is 12.3. The van der Waals surface area contributed by atoms with Crippen LogP contribution in [-0.4, -0.2) is 4.98 Å². The van der Waals surface area contributed by atoms with E-state index >= 15 is 0 Å². The predicted molar refractivity (Wildman–Crippen MR) is 43.0 cm³/mol. The third-order valence-corrected chi connectivity index (χ3v) is 1.64. The van der Waals surface area contributed by atoms with Crippen molar-refractivity contribution in [2.75, 3.05) is 5.73 Å². The summed E-state index contributed by atoms with van der Waals surface area (Å²) in [6, 6.07) is 2.11. The van der Waals surface area contributed by atoms with Gasteiger partial charge in [-0.3, -0.25) is 0 Å². The minimum atomic E-state index is -4.34. The van der Waals surface area contributed by atoms with Gasteiger partial charge >= 0.3 is 6.18 Å². The summed E-state index contributed by atoms with van der Waals surface area (Å²) >= 11 is 0. The van der Waals surface area contributed by atoms with E-state index in [2.05, 4.69) is 4.98 Å². The molecule has 1 heterocycles. The van der Waals surface area contributed by atoms with Crippen molar-refractivity contribution in [2.24, 2.45) is 0 Å². The van der Waals surface area contributed by atoms with E-state index in [1.165, 1.54) is 0 Å². The highest BCUT2D eigenvalue weighted by Gasteiger charge is 2.33. The number of hydrogen-bond acceptors (Lipinski definition) is 2.